The second-order valence-electron chi connectivity index (χ2n) is 2.92. The SMILES string of the molecule is COC(=O)c1cc(C(=O)O)n2nccc2n1. The standard InChI is InChI=1S/C9H7N3O4/c1-16-9(15)5-4-6(8(13)14)12-7(11-5)2-3-10-12/h2-4H,1H3,(H,13,14). The van der Waals surface area contributed by atoms with Crippen molar-refractivity contribution in [3.8, 4) is 0 Å². The van der Waals surface area contributed by atoms with E-state index in [-0.39, 0.29) is 17.0 Å². The zero-order chi connectivity index (χ0) is 11.7. The molecule has 82 valence electrons. The summed E-state index contributed by atoms with van der Waals surface area (Å²) in [4.78, 5) is 26.1. The molecule has 0 saturated heterocycles. The molecule has 0 aliphatic rings. The van der Waals surface area contributed by atoms with Crippen molar-refractivity contribution >= 4 is 17.6 Å². The minimum Gasteiger partial charge on any atom is -0.477 e. The number of aromatic carboxylic acids is 1. The highest BCUT2D eigenvalue weighted by Gasteiger charge is 2.16. The fourth-order valence-corrected chi connectivity index (χ4v) is 1.27. The maximum Gasteiger partial charge on any atom is 0.356 e. The Labute approximate surface area is 89.3 Å². The molecule has 0 aliphatic carbocycles. The van der Waals surface area contributed by atoms with E-state index < -0.39 is 11.9 Å². The van der Waals surface area contributed by atoms with Gasteiger partial charge in [0.05, 0.1) is 13.3 Å². The number of carboxylic acid groups (broad SMARTS) is 1. The summed E-state index contributed by atoms with van der Waals surface area (Å²) in [7, 11) is 1.20. The predicted molar refractivity (Wildman–Crippen MR) is 51.3 cm³/mol. The van der Waals surface area contributed by atoms with Crippen molar-refractivity contribution in [1.29, 1.82) is 0 Å². The van der Waals surface area contributed by atoms with Gasteiger partial charge in [-0.3, -0.25) is 0 Å². The number of carbonyl (C=O) groups is 2. The monoisotopic (exact) mass is 221 g/mol. The largest absolute Gasteiger partial charge is 0.477 e. The zero-order valence-corrected chi connectivity index (χ0v) is 8.25. The molecule has 0 spiro atoms. The van der Waals surface area contributed by atoms with E-state index in [1.165, 1.54) is 19.4 Å². The molecule has 7 nitrogen and oxygen atoms in total. The summed E-state index contributed by atoms with van der Waals surface area (Å²) < 4.78 is 5.61. The molecule has 2 aromatic rings. The average molecular weight is 221 g/mol. The Bertz CT molecular complexity index is 575. The second-order valence-corrected chi connectivity index (χ2v) is 2.92. The first-order valence-electron chi connectivity index (χ1n) is 4.30. The van der Waals surface area contributed by atoms with Crippen molar-refractivity contribution < 1.29 is 19.4 Å². The third-order valence-corrected chi connectivity index (χ3v) is 1.97. The quantitative estimate of drug-likeness (QED) is 0.728. The van der Waals surface area contributed by atoms with Crippen molar-refractivity contribution in [3.63, 3.8) is 0 Å². The lowest BCUT2D eigenvalue weighted by Crippen LogP contribution is -2.12. The number of ether oxygens (including phenoxy) is 1. The summed E-state index contributed by atoms with van der Waals surface area (Å²) in [5.41, 5.74) is 0.0728. The van der Waals surface area contributed by atoms with E-state index in [0.29, 0.717) is 0 Å². The molecule has 1 N–H and O–H groups in total. The highest BCUT2D eigenvalue weighted by Crippen LogP contribution is 2.08. The highest BCUT2D eigenvalue weighted by atomic mass is 16.5. The molecule has 0 amide bonds. The molecule has 16 heavy (non-hydrogen) atoms. The van der Waals surface area contributed by atoms with Crippen LogP contribution in [0.3, 0.4) is 0 Å². The van der Waals surface area contributed by atoms with Crippen LogP contribution in [0.5, 0.6) is 0 Å². The van der Waals surface area contributed by atoms with Crippen LogP contribution in [-0.2, 0) is 4.74 Å². The van der Waals surface area contributed by atoms with E-state index in [0.717, 1.165) is 10.6 Å². The minimum atomic E-state index is -1.19. The lowest BCUT2D eigenvalue weighted by Gasteiger charge is -2.02. The van der Waals surface area contributed by atoms with E-state index in [4.69, 9.17) is 5.11 Å². The summed E-state index contributed by atoms with van der Waals surface area (Å²) in [5, 5.41) is 12.7. The Kier molecular flexibility index (Phi) is 2.28. The molecule has 0 aromatic carbocycles. The maximum absolute atomic E-state index is 11.2. The van der Waals surface area contributed by atoms with E-state index in [1.807, 2.05) is 0 Å². The van der Waals surface area contributed by atoms with Crippen LogP contribution < -0.4 is 0 Å². The second kappa shape index (κ2) is 3.61. The van der Waals surface area contributed by atoms with Crippen LogP contribution in [0, 0.1) is 0 Å². The van der Waals surface area contributed by atoms with Gasteiger partial charge in [0.2, 0.25) is 0 Å². The fourth-order valence-electron chi connectivity index (χ4n) is 1.27. The van der Waals surface area contributed by atoms with E-state index >= 15 is 0 Å². The molecule has 2 heterocycles. The number of hydrogen-bond acceptors (Lipinski definition) is 5. The van der Waals surface area contributed by atoms with Crippen LogP contribution in [0.2, 0.25) is 0 Å². The Morgan fingerprint density at radius 2 is 2.25 bits per heavy atom. The number of aromatic nitrogens is 3. The van der Waals surface area contributed by atoms with Crippen molar-refractivity contribution in [2.45, 2.75) is 0 Å². The zero-order valence-electron chi connectivity index (χ0n) is 8.25. The summed E-state index contributed by atoms with van der Waals surface area (Å²) in [5.74, 6) is -1.88. The van der Waals surface area contributed by atoms with Crippen LogP contribution in [0.25, 0.3) is 5.65 Å². The lowest BCUT2D eigenvalue weighted by atomic mass is 10.3. The molecule has 0 aliphatic heterocycles. The minimum absolute atomic E-state index is 0.0621. The van der Waals surface area contributed by atoms with Gasteiger partial charge in [-0.2, -0.15) is 5.10 Å². The first-order chi connectivity index (χ1) is 7.63. The van der Waals surface area contributed by atoms with Gasteiger partial charge < -0.3 is 9.84 Å². The molecule has 2 aromatic heterocycles. The third kappa shape index (κ3) is 1.48. The van der Waals surface area contributed by atoms with Gasteiger partial charge in [0.15, 0.2) is 17.0 Å². The number of nitrogens with zero attached hydrogens (tertiary/aromatic N) is 3. The molecule has 0 unspecified atom stereocenters. The molecule has 0 bridgehead atoms. The highest BCUT2D eigenvalue weighted by molar-refractivity contribution is 5.92. The molecule has 0 fully saturated rings. The molecule has 7 heteroatoms. The normalized spacial score (nSPS) is 10.3. The smallest absolute Gasteiger partial charge is 0.356 e. The first kappa shape index (κ1) is 10.1. The maximum atomic E-state index is 11.2. The Morgan fingerprint density at radius 1 is 1.50 bits per heavy atom. The summed E-state index contributed by atoms with van der Waals surface area (Å²) in [6, 6.07) is 2.62. The van der Waals surface area contributed by atoms with Gasteiger partial charge in [-0.25, -0.2) is 19.1 Å². The predicted octanol–water partition coefficient (Wildman–Crippen LogP) is 0.214. The van der Waals surface area contributed by atoms with Gasteiger partial charge in [0.25, 0.3) is 0 Å². The van der Waals surface area contributed by atoms with Crippen LogP contribution in [0.15, 0.2) is 18.3 Å². The Morgan fingerprint density at radius 3 is 2.88 bits per heavy atom. The van der Waals surface area contributed by atoms with Crippen molar-refractivity contribution in [2.24, 2.45) is 0 Å². The number of rotatable bonds is 2. The topological polar surface area (TPSA) is 93.8 Å². The van der Waals surface area contributed by atoms with Crippen molar-refractivity contribution in [1.82, 2.24) is 14.6 Å². The molecule has 0 saturated carbocycles. The number of fused-ring (bicyclic) bond motifs is 1. The van der Waals surface area contributed by atoms with Gasteiger partial charge in [-0.05, 0) is 0 Å². The Balaban J connectivity index is 2.71. The van der Waals surface area contributed by atoms with Crippen LogP contribution in [-0.4, -0.2) is 38.8 Å². The van der Waals surface area contributed by atoms with Crippen molar-refractivity contribution in [2.75, 3.05) is 7.11 Å². The summed E-state index contributed by atoms with van der Waals surface area (Å²) in [6.45, 7) is 0. The van der Waals surface area contributed by atoms with Gasteiger partial charge in [0, 0.05) is 12.1 Å². The number of carboxylic acids is 1. The lowest BCUT2D eigenvalue weighted by molar-refractivity contribution is 0.0594. The average Bonchev–Trinajstić information content (AvgIpc) is 2.74. The molecular formula is C9H7N3O4. The van der Waals surface area contributed by atoms with E-state index in [2.05, 4.69) is 14.8 Å². The van der Waals surface area contributed by atoms with Gasteiger partial charge in [-0.15, -0.1) is 0 Å². The molecule has 0 radical (unpaired) electrons. The van der Waals surface area contributed by atoms with E-state index in [9.17, 15) is 9.59 Å². The first-order valence-corrected chi connectivity index (χ1v) is 4.30. The van der Waals surface area contributed by atoms with Crippen LogP contribution in [0.1, 0.15) is 21.0 Å². The van der Waals surface area contributed by atoms with Gasteiger partial charge >= 0.3 is 11.9 Å². The summed E-state index contributed by atoms with van der Waals surface area (Å²) in [6.07, 6.45) is 1.40. The van der Waals surface area contributed by atoms with E-state index in [1.54, 1.807) is 0 Å². The fraction of sp³-hybridized carbons (Fsp3) is 0.111. The van der Waals surface area contributed by atoms with Crippen LogP contribution >= 0.6 is 0 Å². The molecular weight excluding hydrogens is 214 g/mol. The molecule has 2 rings (SSSR count). The van der Waals surface area contributed by atoms with Crippen molar-refractivity contribution in [3.05, 3.63) is 29.7 Å². The van der Waals surface area contributed by atoms with Crippen LogP contribution in [0.4, 0.5) is 0 Å². The number of carbonyl (C=O) groups excluding carboxylic acids is 1. The Hall–Kier alpha value is -2.44. The van der Waals surface area contributed by atoms with Gasteiger partial charge in [0.1, 0.15) is 0 Å². The number of esters is 1. The summed E-state index contributed by atoms with van der Waals surface area (Å²) >= 11 is 0. The number of hydrogen-bond donors (Lipinski definition) is 1. The number of methoxy groups -OCH3 is 1. The molecule has 0 atom stereocenters. The van der Waals surface area contributed by atoms with Gasteiger partial charge in [-0.1, -0.05) is 0 Å². The third-order valence-electron chi connectivity index (χ3n) is 1.97.